The number of carbonyl (C=O) groups is 6. The Balaban J connectivity index is 3.50. The van der Waals surface area contributed by atoms with Gasteiger partial charge < -0.3 is 33.1 Å². The van der Waals surface area contributed by atoms with E-state index in [1.165, 1.54) is 12.1 Å². The summed E-state index contributed by atoms with van der Waals surface area (Å²) in [6.07, 6.45) is -2.38. The molecule has 0 saturated carbocycles. The Kier molecular flexibility index (Phi) is 7.51. The lowest BCUT2D eigenvalue weighted by Gasteiger charge is -2.26. The largest absolute Gasteiger partial charge is 0.480 e. The van der Waals surface area contributed by atoms with Crippen LogP contribution in [-0.2, 0) is 19.2 Å². The molecule has 0 spiro atoms. The van der Waals surface area contributed by atoms with Crippen LogP contribution in [0.25, 0.3) is 0 Å². The Labute approximate surface area is 170 Å². The van der Waals surface area contributed by atoms with Gasteiger partial charge in [-0.3, -0.25) is 19.2 Å². The Morgan fingerprint density at radius 2 is 1.00 bits per heavy atom. The molecule has 12 nitrogen and oxygen atoms in total. The van der Waals surface area contributed by atoms with Gasteiger partial charge in [0.2, 0.25) is 11.8 Å². The first-order chi connectivity index (χ1) is 13.8. The third kappa shape index (κ3) is 5.04. The van der Waals surface area contributed by atoms with Crippen molar-refractivity contribution in [2.45, 2.75) is 36.8 Å². The number of rotatable bonds is 12. The standard InChI is InChI=1S/C18H22N4O8/c19-11(23)5-7-17(21,15(27)28)13(25)9-3-1-2-4-10(9)14(26)18(22,16(29)30)8-6-12(20)24/h1-4H,5-8,21-22H2,(H2,19,23)(H2,20,24)(H,27,28)(H,29,30)/t17-,18-/m1/s1. The van der Waals surface area contributed by atoms with Crippen molar-refractivity contribution in [2.24, 2.45) is 22.9 Å². The van der Waals surface area contributed by atoms with Crippen LogP contribution in [0.15, 0.2) is 24.3 Å². The van der Waals surface area contributed by atoms with E-state index in [-0.39, 0.29) is 0 Å². The SMILES string of the molecule is NC(=O)CC[C@](N)(C(=O)O)C(=O)c1ccccc1C(=O)[C@](N)(CCC(N)=O)C(=O)O. The molecule has 0 aliphatic rings. The third-order valence-electron chi connectivity index (χ3n) is 4.52. The molecule has 0 bridgehead atoms. The molecule has 0 unspecified atom stereocenters. The average Bonchev–Trinajstić information content (AvgIpc) is 2.68. The molecule has 0 aromatic heterocycles. The maximum atomic E-state index is 12.9. The van der Waals surface area contributed by atoms with Crippen LogP contribution in [0.2, 0.25) is 0 Å². The molecule has 162 valence electrons. The maximum Gasteiger partial charge on any atom is 0.331 e. The van der Waals surface area contributed by atoms with Crippen molar-refractivity contribution in [1.29, 1.82) is 0 Å². The van der Waals surface area contributed by atoms with E-state index in [0.29, 0.717) is 0 Å². The molecule has 12 heteroatoms. The van der Waals surface area contributed by atoms with Crippen LogP contribution in [0.4, 0.5) is 0 Å². The summed E-state index contributed by atoms with van der Waals surface area (Å²) in [7, 11) is 0. The molecule has 10 N–H and O–H groups in total. The summed E-state index contributed by atoms with van der Waals surface area (Å²) in [5.41, 5.74) is 15.2. The fourth-order valence-electron chi connectivity index (χ4n) is 2.64. The number of ketones is 2. The average molecular weight is 422 g/mol. The fourth-order valence-corrected chi connectivity index (χ4v) is 2.64. The molecule has 2 amide bonds. The number of carbonyl (C=O) groups excluding carboxylic acids is 4. The number of carboxylic acids is 2. The van der Waals surface area contributed by atoms with Gasteiger partial charge in [0.1, 0.15) is 0 Å². The van der Waals surface area contributed by atoms with E-state index >= 15 is 0 Å². The van der Waals surface area contributed by atoms with E-state index in [1.54, 1.807) is 0 Å². The summed E-state index contributed by atoms with van der Waals surface area (Å²) >= 11 is 0. The highest BCUT2D eigenvalue weighted by Crippen LogP contribution is 2.25. The molecule has 1 aromatic rings. The van der Waals surface area contributed by atoms with E-state index in [1.807, 2.05) is 0 Å². The van der Waals surface area contributed by atoms with Gasteiger partial charge in [0, 0.05) is 24.0 Å². The molecule has 1 rings (SSSR count). The first-order valence-corrected chi connectivity index (χ1v) is 8.57. The molecule has 0 fully saturated rings. The normalized spacial score (nSPS) is 14.7. The van der Waals surface area contributed by atoms with Crippen LogP contribution in [0.5, 0.6) is 0 Å². The number of nitrogens with two attached hydrogens (primary N) is 4. The molecule has 0 aliphatic heterocycles. The minimum Gasteiger partial charge on any atom is -0.480 e. The van der Waals surface area contributed by atoms with E-state index < -0.39 is 83.2 Å². The van der Waals surface area contributed by atoms with E-state index in [2.05, 4.69) is 0 Å². The number of Topliss-reactive ketones (excluding diaryl/α,β-unsaturated/α-hetero) is 2. The minimum absolute atomic E-state index is 0.507. The van der Waals surface area contributed by atoms with Gasteiger partial charge in [-0.15, -0.1) is 0 Å². The number of hydrogen-bond acceptors (Lipinski definition) is 8. The predicted molar refractivity (Wildman–Crippen MR) is 101 cm³/mol. The van der Waals surface area contributed by atoms with E-state index in [9.17, 15) is 39.0 Å². The van der Waals surface area contributed by atoms with Gasteiger partial charge in [-0.1, -0.05) is 24.3 Å². The Morgan fingerprint density at radius 3 is 1.23 bits per heavy atom. The zero-order chi connectivity index (χ0) is 23.3. The first-order valence-electron chi connectivity index (χ1n) is 8.57. The molecular weight excluding hydrogens is 400 g/mol. The van der Waals surface area contributed by atoms with Gasteiger partial charge >= 0.3 is 11.9 Å². The predicted octanol–water partition coefficient (Wildman–Crippen LogP) is -1.85. The molecule has 1 aromatic carbocycles. The van der Waals surface area contributed by atoms with Gasteiger partial charge in [0.05, 0.1) is 0 Å². The highest BCUT2D eigenvalue weighted by molar-refractivity contribution is 6.24. The minimum atomic E-state index is -2.61. The lowest BCUT2D eigenvalue weighted by Crippen LogP contribution is -2.57. The molecule has 0 aliphatic carbocycles. The summed E-state index contributed by atoms with van der Waals surface area (Å²) in [4.78, 5) is 71.2. The Bertz CT molecular complexity index is 842. The fraction of sp³-hybridized carbons (Fsp3) is 0.333. The number of hydrogen-bond donors (Lipinski definition) is 6. The van der Waals surface area contributed by atoms with Gasteiger partial charge in [-0.25, -0.2) is 9.59 Å². The summed E-state index contributed by atoms with van der Waals surface area (Å²) < 4.78 is 0. The van der Waals surface area contributed by atoms with Crippen LogP contribution < -0.4 is 22.9 Å². The van der Waals surface area contributed by atoms with Gasteiger partial charge in [0.15, 0.2) is 22.6 Å². The van der Waals surface area contributed by atoms with Crippen molar-refractivity contribution in [1.82, 2.24) is 0 Å². The smallest absolute Gasteiger partial charge is 0.331 e. The zero-order valence-corrected chi connectivity index (χ0v) is 15.8. The summed E-state index contributed by atoms with van der Waals surface area (Å²) in [6.45, 7) is 0. The van der Waals surface area contributed by atoms with Crippen molar-refractivity contribution in [3.8, 4) is 0 Å². The number of primary amides is 2. The van der Waals surface area contributed by atoms with Crippen molar-refractivity contribution in [3.63, 3.8) is 0 Å². The quantitative estimate of drug-likeness (QED) is 0.162. The first kappa shape index (κ1) is 24.4. The van der Waals surface area contributed by atoms with Crippen LogP contribution in [0, 0.1) is 0 Å². The lowest BCUT2D eigenvalue weighted by atomic mass is 9.79. The van der Waals surface area contributed by atoms with Crippen molar-refractivity contribution in [3.05, 3.63) is 35.4 Å². The van der Waals surface area contributed by atoms with Gasteiger partial charge in [-0.2, -0.15) is 0 Å². The number of aliphatic carboxylic acids is 2. The molecule has 0 radical (unpaired) electrons. The second-order valence-electron chi connectivity index (χ2n) is 6.69. The number of amides is 2. The van der Waals surface area contributed by atoms with E-state index in [4.69, 9.17) is 22.9 Å². The molecule has 2 atom stereocenters. The summed E-state index contributed by atoms with van der Waals surface area (Å²) in [5, 5.41) is 18.9. The monoisotopic (exact) mass is 422 g/mol. The van der Waals surface area contributed by atoms with Gasteiger partial charge in [-0.05, 0) is 12.8 Å². The number of carboxylic acid groups (broad SMARTS) is 2. The van der Waals surface area contributed by atoms with Crippen molar-refractivity contribution < 1.29 is 39.0 Å². The van der Waals surface area contributed by atoms with Crippen molar-refractivity contribution >= 4 is 35.3 Å². The second kappa shape index (κ2) is 9.24. The van der Waals surface area contributed by atoms with Crippen LogP contribution in [-0.4, -0.2) is 56.6 Å². The highest BCUT2D eigenvalue weighted by atomic mass is 16.4. The molecular formula is C18H22N4O8. The van der Waals surface area contributed by atoms with Crippen molar-refractivity contribution in [2.75, 3.05) is 0 Å². The highest BCUT2D eigenvalue weighted by Gasteiger charge is 2.47. The zero-order valence-electron chi connectivity index (χ0n) is 15.8. The molecule has 0 saturated heterocycles. The summed E-state index contributed by atoms with van der Waals surface area (Å²) in [5.74, 6) is -7.85. The summed E-state index contributed by atoms with van der Waals surface area (Å²) in [6, 6.07) is 4.73. The lowest BCUT2D eigenvalue weighted by molar-refractivity contribution is -0.143. The molecule has 30 heavy (non-hydrogen) atoms. The number of benzene rings is 1. The van der Waals surface area contributed by atoms with Gasteiger partial charge in [0.25, 0.3) is 0 Å². The van der Waals surface area contributed by atoms with Crippen LogP contribution in [0.1, 0.15) is 46.4 Å². The van der Waals surface area contributed by atoms with E-state index in [0.717, 1.165) is 12.1 Å². The maximum absolute atomic E-state index is 12.9. The second-order valence-corrected chi connectivity index (χ2v) is 6.69. The van der Waals surface area contributed by atoms with Crippen LogP contribution >= 0.6 is 0 Å². The topological polar surface area (TPSA) is 247 Å². The third-order valence-corrected chi connectivity index (χ3v) is 4.52. The Hall–Kier alpha value is -3.64. The Morgan fingerprint density at radius 1 is 0.700 bits per heavy atom. The molecule has 0 heterocycles. The van der Waals surface area contributed by atoms with Crippen LogP contribution in [0.3, 0.4) is 0 Å².